The van der Waals surface area contributed by atoms with E-state index in [4.69, 9.17) is 15.8 Å². The van der Waals surface area contributed by atoms with E-state index in [0.717, 1.165) is 26.0 Å². The van der Waals surface area contributed by atoms with Crippen LogP contribution in [0.3, 0.4) is 0 Å². The van der Waals surface area contributed by atoms with Gasteiger partial charge < -0.3 is 4.74 Å². The first-order valence-electron chi connectivity index (χ1n) is 4.31. The van der Waals surface area contributed by atoms with Gasteiger partial charge in [0.15, 0.2) is 0 Å². The van der Waals surface area contributed by atoms with Crippen molar-refractivity contribution in [3.05, 3.63) is 0 Å². The molecule has 0 amide bonds. The third-order valence-electron chi connectivity index (χ3n) is 1.97. The molecule has 68 valence electrons. The highest BCUT2D eigenvalue weighted by Crippen LogP contribution is 2.11. The van der Waals surface area contributed by atoms with Crippen LogP contribution in [0.2, 0.25) is 0 Å². The van der Waals surface area contributed by atoms with Gasteiger partial charge in [-0.1, -0.05) is 0 Å². The fourth-order valence-corrected chi connectivity index (χ4v) is 1.33. The average molecular weight is 169 g/mol. The fraction of sp³-hybridized carbons (Fsp3) is 0.875. The van der Waals surface area contributed by atoms with E-state index in [9.17, 15) is 0 Å². The normalized spacial score (nSPS) is 22.9. The Morgan fingerprint density at radius 3 is 3.08 bits per heavy atom. The molecule has 4 heteroatoms. The van der Waals surface area contributed by atoms with Crippen molar-refractivity contribution in [2.75, 3.05) is 19.7 Å². The standard InChI is InChI=1S/C8H15N3O/c9-4-2-5-11(10)7-8-3-1-6-12-8/h8H,1-3,5-7,10H2. The van der Waals surface area contributed by atoms with Crippen LogP contribution in [0.5, 0.6) is 0 Å². The highest BCUT2D eigenvalue weighted by Gasteiger charge is 2.17. The molecule has 1 rings (SSSR count). The van der Waals surface area contributed by atoms with E-state index in [1.54, 1.807) is 5.01 Å². The van der Waals surface area contributed by atoms with Crippen LogP contribution >= 0.6 is 0 Å². The Hall–Kier alpha value is -0.630. The van der Waals surface area contributed by atoms with Gasteiger partial charge in [0.1, 0.15) is 0 Å². The fourth-order valence-electron chi connectivity index (χ4n) is 1.33. The molecule has 0 spiro atoms. The predicted octanol–water partition coefficient (Wildman–Crippen LogP) is 0.255. The van der Waals surface area contributed by atoms with Crippen molar-refractivity contribution in [3.63, 3.8) is 0 Å². The van der Waals surface area contributed by atoms with E-state index in [2.05, 4.69) is 6.07 Å². The maximum absolute atomic E-state index is 8.31. The molecule has 1 fully saturated rings. The number of nitrogens with zero attached hydrogens (tertiary/aromatic N) is 2. The second-order valence-electron chi connectivity index (χ2n) is 3.04. The second-order valence-corrected chi connectivity index (χ2v) is 3.04. The molecule has 0 saturated carbocycles. The van der Waals surface area contributed by atoms with Crippen LogP contribution in [0, 0.1) is 11.3 Å². The van der Waals surface area contributed by atoms with E-state index < -0.39 is 0 Å². The number of ether oxygens (including phenoxy) is 1. The van der Waals surface area contributed by atoms with E-state index in [0.29, 0.717) is 13.0 Å². The minimum Gasteiger partial charge on any atom is -0.377 e. The Morgan fingerprint density at radius 2 is 2.50 bits per heavy atom. The van der Waals surface area contributed by atoms with Crippen molar-refractivity contribution in [2.24, 2.45) is 5.84 Å². The van der Waals surface area contributed by atoms with Crippen LogP contribution in [0.25, 0.3) is 0 Å². The number of hydrazine groups is 1. The van der Waals surface area contributed by atoms with E-state index >= 15 is 0 Å². The smallest absolute Gasteiger partial charge is 0.0716 e. The zero-order chi connectivity index (χ0) is 8.81. The monoisotopic (exact) mass is 169 g/mol. The van der Waals surface area contributed by atoms with Gasteiger partial charge in [0, 0.05) is 26.1 Å². The summed E-state index contributed by atoms with van der Waals surface area (Å²) in [5.74, 6) is 5.64. The van der Waals surface area contributed by atoms with Crippen molar-refractivity contribution >= 4 is 0 Å². The number of nitrogens with two attached hydrogens (primary N) is 1. The first-order valence-corrected chi connectivity index (χ1v) is 4.31. The highest BCUT2D eigenvalue weighted by molar-refractivity contribution is 4.73. The average Bonchev–Trinajstić information content (AvgIpc) is 2.53. The van der Waals surface area contributed by atoms with E-state index in [-0.39, 0.29) is 6.10 Å². The summed E-state index contributed by atoms with van der Waals surface area (Å²) in [4.78, 5) is 0. The summed E-state index contributed by atoms with van der Waals surface area (Å²) in [7, 11) is 0. The molecule has 12 heavy (non-hydrogen) atoms. The lowest BCUT2D eigenvalue weighted by Crippen LogP contribution is -2.38. The Balaban J connectivity index is 2.08. The van der Waals surface area contributed by atoms with Gasteiger partial charge >= 0.3 is 0 Å². The van der Waals surface area contributed by atoms with Crippen molar-refractivity contribution in [1.82, 2.24) is 5.01 Å². The molecule has 0 bridgehead atoms. The van der Waals surface area contributed by atoms with Crippen molar-refractivity contribution in [2.45, 2.75) is 25.4 Å². The molecule has 1 saturated heterocycles. The van der Waals surface area contributed by atoms with Gasteiger partial charge in [-0.15, -0.1) is 0 Å². The first-order chi connectivity index (χ1) is 5.83. The van der Waals surface area contributed by atoms with Crippen molar-refractivity contribution in [1.29, 1.82) is 5.26 Å². The van der Waals surface area contributed by atoms with Crippen LogP contribution < -0.4 is 5.84 Å². The van der Waals surface area contributed by atoms with Crippen LogP contribution in [-0.4, -0.2) is 30.8 Å². The summed E-state index contributed by atoms with van der Waals surface area (Å²) in [6.45, 7) is 2.24. The predicted molar refractivity (Wildman–Crippen MR) is 45.0 cm³/mol. The molecule has 1 aliphatic rings. The van der Waals surface area contributed by atoms with Gasteiger partial charge in [0.2, 0.25) is 0 Å². The van der Waals surface area contributed by atoms with Crippen LogP contribution in [-0.2, 0) is 4.74 Å². The van der Waals surface area contributed by atoms with Crippen LogP contribution in [0.4, 0.5) is 0 Å². The maximum atomic E-state index is 8.31. The summed E-state index contributed by atoms with van der Waals surface area (Å²) in [6.07, 6.45) is 3.01. The topological polar surface area (TPSA) is 62.3 Å². The van der Waals surface area contributed by atoms with Gasteiger partial charge in [0.05, 0.1) is 12.2 Å². The minimum absolute atomic E-state index is 0.286. The van der Waals surface area contributed by atoms with Crippen molar-refractivity contribution < 1.29 is 4.74 Å². The Bertz CT molecular complexity index is 160. The number of hydrogen-bond donors (Lipinski definition) is 1. The third-order valence-corrected chi connectivity index (χ3v) is 1.97. The molecular formula is C8H15N3O. The molecule has 1 aliphatic heterocycles. The lowest BCUT2D eigenvalue weighted by atomic mass is 10.2. The number of hydrogen-bond acceptors (Lipinski definition) is 4. The molecule has 1 heterocycles. The molecular weight excluding hydrogens is 154 g/mol. The molecule has 0 aromatic heterocycles. The van der Waals surface area contributed by atoms with Crippen LogP contribution in [0.1, 0.15) is 19.3 Å². The molecule has 2 N–H and O–H groups in total. The van der Waals surface area contributed by atoms with E-state index in [1.807, 2.05) is 0 Å². The maximum Gasteiger partial charge on any atom is 0.0716 e. The Kier molecular flexibility index (Phi) is 4.01. The van der Waals surface area contributed by atoms with Crippen LogP contribution in [0.15, 0.2) is 0 Å². The van der Waals surface area contributed by atoms with Gasteiger partial charge in [-0.3, -0.25) is 5.84 Å². The number of rotatable bonds is 4. The SMILES string of the molecule is N#CCCN(N)CC1CCCO1. The highest BCUT2D eigenvalue weighted by atomic mass is 16.5. The Morgan fingerprint density at radius 1 is 1.67 bits per heavy atom. The van der Waals surface area contributed by atoms with Gasteiger partial charge in [-0.25, -0.2) is 5.01 Å². The quantitative estimate of drug-likeness (QED) is 0.484. The molecule has 0 aliphatic carbocycles. The zero-order valence-corrected chi connectivity index (χ0v) is 7.20. The zero-order valence-electron chi connectivity index (χ0n) is 7.20. The summed E-state index contributed by atoms with van der Waals surface area (Å²) in [6, 6.07) is 2.06. The second kappa shape index (κ2) is 5.09. The molecule has 0 aromatic rings. The lowest BCUT2D eigenvalue weighted by Gasteiger charge is -2.18. The lowest BCUT2D eigenvalue weighted by molar-refractivity contribution is 0.0739. The molecule has 0 radical (unpaired) electrons. The van der Waals surface area contributed by atoms with Crippen molar-refractivity contribution in [3.8, 4) is 6.07 Å². The molecule has 1 unspecified atom stereocenters. The largest absolute Gasteiger partial charge is 0.377 e. The summed E-state index contributed by atoms with van der Waals surface area (Å²) in [5.41, 5.74) is 0. The number of nitriles is 1. The molecule has 4 nitrogen and oxygen atoms in total. The Labute approximate surface area is 72.9 Å². The summed E-state index contributed by atoms with van der Waals surface area (Å²) < 4.78 is 5.40. The first kappa shape index (κ1) is 9.46. The molecule has 0 aromatic carbocycles. The van der Waals surface area contributed by atoms with Gasteiger partial charge in [-0.2, -0.15) is 5.26 Å². The van der Waals surface area contributed by atoms with Gasteiger partial charge in [-0.05, 0) is 12.8 Å². The summed E-state index contributed by atoms with van der Waals surface area (Å²) in [5, 5.41) is 9.98. The third kappa shape index (κ3) is 3.18. The molecule has 1 atom stereocenters. The minimum atomic E-state index is 0.286. The van der Waals surface area contributed by atoms with E-state index in [1.165, 1.54) is 0 Å². The van der Waals surface area contributed by atoms with Gasteiger partial charge in [0.25, 0.3) is 0 Å². The summed E-state index contributed by atoms with van der Waals surface area (Å²) >= 11 is 0.